The van der Waals surface area contributed by atoms with Gasteiger partial charge in [0, 0.05) is 30.6 Å². The van der Waals surface area contributed by atoms with Crippen LogP contribution in [0.5, 0.6) is 0 Å². The van der Waals surface area contributed by atoms with Crippen LogP contribution >= 0.6 is 0 Å². The van der Waals surface area contributed by atoms with Gasteiger partial charge in [-0.1, -0.05) is 18.6 Å². The van der Waals surface area contributed by atoms with Crippen LogP contribution in [0.1, 0.15) is 31.2 Å². The lowest BCUT2D eigenvalue weighted by atomic mass is 9.63. The summed E-state index contributed by atoms with van der Waals surface area (Å²) >= 11 is 0. The molecule has 0 aromatic heterocycles. The summed E-state index contributed by atoms with van der Waals surface area (Å²) in [6, 6.07) is 8.37. The van der Waals surface area contributed by atoms with Gasteiger partial charge >= 0.3 is 5.97 Å². The van der Waals surface area contributed by atoms with Gasteiger partial charge in [0.1, 0.15) is 0 Å². The topological polar surface area (TPSA) is 40.5 Å². The monoisotopic (exact) mass is 245 g/mol. The summed E-state index contributed by atoms with van der Waals surface area (Å²) in [6.45, 7) is 2.42. The Morgan fingerprint density at radius 2 is 1.89 bits per heavy atom. The molecule has 0 bridgehead atoms. The third kappa shape index (κ3) is 2.09. The van der Waals surface area contributed by atoms with Crippen LogP contribution in [0.25, 0.3) is 0 Å². The van der Waals surface area contributed by atoms with Gasteiger partial charge in [0.05, 0.1) is 0 Å². The first-order valence-corrected chi connectivity index (χ1v) is 6.73. The molecule has 3 heteroatoms. The molecule has 1 aliphatic heterocycles. The van der Waals surface area contributed by atoms with E-state index in [1.165, 1.54) is 38.0 Å². The summed E-state index contributed by atoms with van der Waals surface area (Å²) in [4.78, 5) is 12.9. The van der Waals surface area contributed by atoms with E-state index in [0.717, 1.165) is 5.56 Å². The number of carboxylic acids is 1. The van der Waals surface area contributed by atoms with Gasteiger partial charge in [-0.3, -0.25) is 4.79 Å². The molecule has 1 aromatic carbocycles. The Hall–Kier alpha value is -1.51. The first-order chi connectivity index (χ1) is 8.67. The van der Waals surface area contributed by atoms with E-state index in [2.05, 4.69) is 29.2 Å². The van der Waals surface area contributed by atoms with Gasteiger partial charge in [0.2, 0.25) is 0 Å². The molecule has 2 fully saturated rings. The van der Waals surface area contributed by atoms with Crippen molar-refractivity contribution in [1.82, 2.24) is 0 Å². The summed E-state index contributed by atoms with van der Waals surface area (Å²) in [5.74, 6) is -0.728. The van der Waals surface area contributed by atoms with Gasteiger partial charge in [-0.15, -0.1) is 0 Å². The van der Waals surface area contributed by atoms with Crippen molar-refractivity contribution in [3.63, 3.8) is 0 Å². The zero-order chi connectivity index (χ0) is 12.6. The Balaban J connectivity index is 1.56. The summed E-state index contributed by atoms with van der Waals surface area (Å²) in [5, 5.41) is 8.65. The third-order valence-corrected chi connectivity index (χ3v) is 4.40. The summed E-state index contributed by atoms with van der Waals surface area (Å²) in [6.07, 6.45) is 5.05. The van der Waals surface area contributed by atoms with Gasteiger partial charge in [-0.2, -0.15) is 0 Å². The van der Waals surface area contributed by atoms with Gasteiger partial charge in [0.25, 0.3) is 0 Å². The van der Waals surface area contributed by atoms with Crippen LogP contribution in [0.4, 0.5) is 5.69 Å². The minimum absolute atomic E-state index is 0.214. The lowest BCUT2D eigenvalue weighted by Crippen LogP contribution is -2.59. The first-order valence-electron chi connectivity index (χ1n) is 6.73. The molecule has 1 N–H and O–H groups in total. The van der Waals surface area contributed by atoms with Crippen LogP contribution in [-0.2, 0) is 11.2 Å². The normalized spacial score (nSPS) is 20.3. The number of hydrogen-bond acceptors (Lipinski definition) is 2. The van der Waals surface area contributed by atoms with Crippen molar-refractivity contribution in [2.45, 2.75) is 32.1 Å². The molecule has 1 spiro atoms. The van der Waals surface area contributed by atoms with Gasteiger partial charge in [0.15, 0.2) is 0 Å². The maximum atomic E-state index is 10.5. The predicted octanol–water partition coefficient (Wildman–Crippen LogP) is 2.69. The third-order valence-electron chi connectivity index (χ3n) is 4.40. The summed E-state index contributed by atoms with van der Waals surface area (Å²) in [5.41, 5.74) is 3.05. The van der Waals surface area contributed by atoms with Crippen LogP contribution < -0.4 is 4.90 Å². The number of hydrogen-bond donors (Lipinski definition) is 1. The highest BCUT2D eigenvalue weighted by Crippen LogP contribution is 2.49. The fraction of sp³-hybridized carbons (Fsp3) is 0.533. The van der Waals surface area contributed by atoms with Crippen LogP contribution in [0, 0.1) is 5.41 Å². The Kier molecular flexibility index (Phi) is 2.77. The van der Waals surface area contributed by atoms with E-state index >= 15 is 0 Å². The van der Waals surface area contributed by atoms with Crippen molar-refractivity contribution in [2.24, 2.45) is 5.41 Å². The first kappa shape index (κ1) is 11.6. The molecule has 1 saturated heterocycles. The van der Waals surface area contributed by atoms with Crippen molar-refractivity contribution in [1.29, 1.82) is 0 Å². The van der Waals surface area contributed by atoms with Crippen molar-refractivity contribution in [3.8, 4) is 0 Å². The number of rotatable bonds is 4. The number of carboxylic acid groups (broad SMARTS) is 1. The molecule has 3 rings (SSSR count). The highest BCUT2D eigenvalue weighted by Gasteiger charge is 2.47. The molecular formula is C15H19NO2. The lowest BCUT2D eigenvalue weighted by Gasteiger charge is -2.57. The molecule has 0 amide bonds. The quantitative estimate of drug-likeness (QED) is 0.886. The molecule has 1 aromatic rings. The van der Waals surface area contributed by atoms with Crippen molar-refractivity contribution in [3.05, 3.63) is 29.8 Å². The highest BCUT2D eigenvalue weighted by atomic mass is 16.4. The molecule has 0 radical (unpaired) electrons. The van der Waals surface area contributed by atoms with Crippen molar-refractivity contribution < 1.29 is 9.90 Å². The fourth-order valence-electron chi connectivity index (χ4n) is 3.06. The molecule has 2 aliphatic rings. The van der Waals surface area contributed by atoms with E-state index in [4.69, 9.17) is 5.11 Å². The molecule has 1 aliphatic carbocycles. The van der Waals surface area contributed by atoms with Crippen LogP contribution in [0.15, 0.2) is 24.3 Å². The second-order valence-electron chi connectivity index (χ2n) is 5.77. The Morgan fingerprint density at radius 1 is 1.22 bits per heavy atom. The van der Waals surface area contributed by atoms with Gasteiger partial charge in [-0.05, 0) is 37.0 Å². The lowest BCUT2D eigenvalue weighted by molar-refractivity contribution is -0.136. The Labute approximate surface area is 107 Å². The van der Waals surface area contributed by atoms with E-state index in [1.54, 1.807) is 0 Å². The van der Waals surface area contributed by atoms with Crippen molar-refractivity contribution >= 4 is 11.7 Å². The molecule has 1 saturated carbocycles. The number of aryl methyl sites for hydroxylation is 1. The molecule has 1 heterocycles. The van der Waals surface area contributed by atoms with Gasteiger partial charge < -0.3 is 10.0 Å². The second kappa shape index (κ2) is 4.30. The average molecular weight is 245 g/mol. The van der Waals surface area contributed by atoms with E-state index in [1.807, 2.05) is 0 Å². The zero-order valence-electron chi connectivity index (χ0n) is 10.6. The largest absolute Gasteiger partial charge is 0.481 e. The maximum absolute atomic E-state index is 10.5. The average Bonchev–Trinajstić information content (AvgIpc) is 2.24. The standard InChI is InChI=1S/C15H19NO2/c17-14(18)7-4-12-2-5-13(6-3-12)16-10-15(11-16)8-1-9-15/h2-3,5-6H,1,4,7-11H2,(H,17,18). The highest BCUT2D eigenvalue weighted by molar-refractivity contribution is 5.67. The Bertz CT molecular complexity index is 440. The Morgan fingerprint density at radius 3 is 2.39 bits per heavy atom. The summed E-state index contributed by atoms with van der Waals surface area (Å²) < 4.78 is 0. The smallest absolute Gasteiger partial charge is 0.303 e. The van der Waals surface area contributed by atoms with E-state index in [-0.39, 0.29) is 6.42 Å². The predicted molar refractivity (Wildman–Crippen MR) is 70.9 cm³/mol. The van der Waals surface area contributed by atoms with Crippen LogP contribution in [0.3, 0.4) is 0 Å². The van der Waals surface area contributed by atoms with Crippen molar-refractivity contribution in [2.75, 3.05) is 18.0 Å². The summed E-state index contributed by atoms with van der Waals surface area (Å²) in [7, 11) is 0. The number of aliphatic carboxylic acids is 1. The molecule has 0 unspecified atom stereocenters. The second-order valence-corrected chi connectivity index (χ2v) is 5.77. The molecular weight excluding hydrogens is 226 g/mol. The molecule has 3 nitrogen and oxygen atoms in total. The number of nitrogens with zero attached hydrogens (tertiary/aromatic N) is 1. The SMILES string of the molecule is O=C(O)CCc1ccc(N2CC3(CCC3)C2)cc1. The minimum Gasteiger partial charge on any atom is -0.481 e. The molecule has 96 valence electrons. The zero-order valence-corrected chi connectivity index (χ0v) is 10.6. The number of benzene rings is 1. The fourth-order valence-corrected chi connectivity index (χ4v) is 3.06. The maximum Gasteiger partial charge on any atom is 0.303 e. The number of anilines is 1. The van der Waals surface area contributed by atoms with E-state index in [9.17, 15) is 4.79 Å². The minimum atomic E-state index is -0.728. The van der Waals surface area contributed by atoms with E-state index in [0.29, 0.717) is 11.8 Å². The van der Waals surface area contributed by atoms with E-state index < -0.39 is 5.97 Å². The van der Waals surface area contributed by atoms with Crippen LogP contribution in [-0.4, -0.2) is 24.2 Å². The van der Waals surface area contributed by atoms with Gasteiger partial charge in [-0.25, -0.2) is 0 Å². The number of carbonyl (C=O) groups is 1. The molecule has 18 heavy (non-hydrogen) atoms. The van der Waals surface area contributed by atoms with Crippen LogP contribution in [0.2, 0.25) is 0 Å². The molecule has 0 atom stereocenters.